The summed E-state index contributed by atoms with van der Waals surface area (Å²) in [6.07, 6.45) is -0.680. The van der Waals surface area contributed by atoms with E-state index >= 15 is 0 Å². The maximum Gasteiger partial charge on any atom is 0.217 e. The Morgan fingerprint density at radius 1 is 1.00 bits per heavy atom. The molecule has 0 radical (unpaired) electrons. The van der Waals surface area contributed by atoms with Crippen molar-refractivity contribution in [1.82, 2.24) is 0 Å². The van der Waals surface area contributed by atoms with Gasteiger partial charge in [-0.15, -0.1) is 0 Å². The molecule has 0 aromatic carbocycles. The third-order valence-corrected chi connectivity index (χ3v) is 1.12. The van der Waals surface area contributed by atoms with Gasteiger partial charge in [-0.1, -0.05) is 0 Å². The zero-order chi connectivity index (χ0) is 9.72. The van der Waals surface area contributed by atoms with Crippen LogP contribution in [0, 0.1) is 0 Å². The predicted molar refractivity (Wildman–Crippen MR) is 46.9 cm³/mol. The summed E-state index contributed by atoms with van der Waals surface area (Å²) in [5.41, 5.74) is 0. The summed E-state index contributed by atoms with van der Waals surface area (Å²) in [4.78, 5) is 11.0. The average Bonchev–Trinajstić information content (AvgIpc) is 1.83. The molecule has 0 saturated heterocycles. The van der Waals surface area contributed by atoms with Crippen molar-refractivity contribution < 1.29 is 36.0 Å². The molecule has 0 N–H and O–H groups in total. The Hall–Kier alpha value is 0.304. The van der Waals surface area contributed by atoms with Crippen molar-refractivity contribution >= 4 is 5.78 Å². The fourth-order valence-corrected chi connectivity index (χ4v) is 0.718. The van der Waals surface area contributed by atoms with Crippen molar-refractivity contribution in [1.29, 1.82) is 0 Å². The summed E-state index contributed by atoms with van der Waals surface area (Å²) >= 11 is 0. The van der Waals surface area contributed by atoms with Gasteiger partial charge in [0.1, 0.15) is 0 Å². The van der Waals surface area contributed by atoms with Crippen molar-refractivity contribution in [2.45, 2.75) is 53.1 Å². The largest absolute Gasteiger partial charge is 0.343 e. The number of carbonyl (C=O) groups is 1. The van der Waals surface area contributed by atoms with Crippen LogP contribution in [0.15, 0.2) is 0 Å². The molecule has 0 aromatic rings. The zero-order valence-electron chi connectivity index (χ0n) is 8.96. The quantitative estimate of drug-likeness (QED) is 0.525. The minimum Gasteiger partial charge on any atom is -0.343 e. The van der Waals surface area contributed by atoms with E-state index in [0.717, 1.165) is 0 Å². The molecule has 0 rings (SSSR count). The van der Waals surface area contributed by atoms with Crippen LogP contribution in [0.25, 0.3) is 0 Å². The number of ether oxygens (including phenoxy) is 2. The van der Waals surface area contributed by atoms with E-state index in [1.165, 1.54) is 6.92 Å². The Bertz CT molecular complexity index is 136. The van der Waals surface area contributed by atoms with Crippen LogP contribution in [0.4, 0.5) is 0 Å². The molecule has 0 spiro atoms. The molecule has 0 unspecified atom stereocenters. The second-order valence-corrected chi connectivity index (χ2v) is 3.31. The summed E-state index contributed by atoms with van der Waals surface area (Å²) < 4.78 is 10.5. The molecule has 0 aromatic heterocycles. The second-order valence-electron chi connectivity index (χ2n) is 3.31. The van der Waals surface area contributed by atoms with E-state index in [9.17, 15) is 4.79 Å². The first-order valence-corrected chi connectivity index (χ1v) is 4.25. The number of rotatable bonds is 5. The Balaban J connectivity index is 0. The Labute approximate surface area is 95.1 Å². The van der Waals surface area contributed by atoms with Crippen LogP contribution in [-0.2, 0) is 36.0 Å². The fourth-order valence-electron chi connectivity index (χ4n) is 0.718. The van der Waals surface area contributed by atoms with E-state index in [4.69, 9.17) is 9.47 Å². The van der Waals surface area contributed by atoms with Crippen LogP contribution < -0.4 is 0 Å². The molecule has 76 valence electrons. The monoisotopic (exact) mass is 222 g/mol. The molecular weight excluding hydrogens is 204 g/mol. The topological polar surface area (TPSA) is 35.5 Å². The predicted octanol–water partition coefficient (Wildman–Crippen LogP) is 1.75. The summed E-state index contributed by atoms with van der Waals surface area (Å²) in [5.74, 6) is -0.0857. The number of carbonyl (C=O) groups excluding carboxylic acids is 1. The summed E-state index contributed by atoms with van der Waals surface area (Å²) in [5, 5.41) is 0. The molecule has 0 amide bonds. The standard InChI is InChI=1S/C9H18O3.Ti/c1-6(2)11-9(8(5)10)12-7(3)4;/h6-7,9H,1-5H3;. The molecule has 0 aliphatic carbocycles. The smallest absolute Gasteiger partial charge is 0.217 e. The molecule has 0 bridgehead atoms. The van der Waals surface area contributed by atoms with Gasteiger partial charge in [0.2, 0.25) is 6.29 Å². The molecule has 0 aliphatic heterocycles. The first-order chi connectivity index (χ1) is 5.43. The molecule has 0 atom stereocenters. The number of hydrogen-bond donors (Lipinski definition) is 0. The summed E-state index contributed by atoms with van der Waals surface area (Å²) in [6.45, 7) is 8.97. The van der Waals surface area contributed by atoms with Crippen LogP contribution in [0.1, 0.15) is 34.6 Å². The number of ketones is 1. The first-order valence-electron chi connectivity index (χ1n) is 4.25. The van der Waals surface area contributed by atoms with Crippen LogP contribution >= 0.6 is 0 Å². The Morgan fingerprint density at radius 3 is 1.46 bits per heavy atom. The maximum atomic E-state index is 11.0. The van der Waals surface area contributed by atoms with Crippen LogP contribution in [-0.4, -0.2) is 24.3 Å². The first kappa shape index (κ1) is 15.8. The van der Waals surface area contributed by atoms with E-state index in [2.05, 4.69) is 0 Å². The summed E-state index contributed by atoms with van der Waals surface area (Å²) in [6, 6.07) is 0. The molecule has 0 heterocycles. The van der Waals surface area contributed by atoms with E-state index in [0.29, 0.717) is 0 Å². The minimum atomic E-state index is -0.704. The molecule has 0 fully saturated rings. The Kier molecular flexibility index (Phi) is 9.32. The van der Waals surface area contributed by atoms with Gasteiger partial charge in [-0.05, 0) is 34.6 Å². The normalized spacial score (nSPS) is 10.8. The van der Waals surface area contributed by atoms with E-state index < -0.39 is 6.29 Å². The SMILES string of the molecule is CC(=O)C(OC(C)C)OC(C)C.[Ti]. The molecular formula is C9H18O3Ti. The van der Waals surface area contributed by atoms with Crippen molar-refractivity contribution in [3.63, 3.8) is 0 Å². The van der Waals surface area contributed by atoms with Gasteiger partial charge in [-0.3, -0.25) is 4.79 Å². The molecule has 3 nitrogen and oxygen atoms in total. The van der Waals surface area contributed by atoms with Gasteiger partial charge in [0.05, 0.1) is 12.2 Å². The van der Waals surface area contributed by atoms with Crippen LogP contribution in [0.2, 0.25) is 0 Å². The van der Waals surface area contributed by atoms with E-state index in [1.807, 2.05) is 27.7 Å². The molecule has 0 saturated carbocycles. The summed E-state index contributed by atoms with van der Waals surface area (Å²) in [7, 11) is 0. The third-order valence-electron chi connectivity index (χ3n) is 1.12. The average molecular weight is 222 g/mol. The molecule has 4 heteroatoms. The maximum absolute atomic E-state index is 11.0. The van der Waals surface area contributed by atoms with Crippen molar-refractivity contribution in [3.8, 4) is 0 Å². The Morgan fingerprint density at radius 2 is 1.31 bits per heavy atom. The van der Waals surface area contributed by atoms with Gasteiger partial charge < -0.3 is 9.47 Å². The third kappa shape index (κ3) is 8.63. The number of Topliss-reactive ketones (excluding diaryl/α,β-unsaturated/α-hetero) is 1. The van der Waals surface area contributed by atoms with Gasteiger partial charge in [0, 0.05) is 21.7 Å². The minimum absolute atomic E-state index is 0. The van der Waals surface area contributed by atoms with Gasteiger partial charge in [0.25, 0.3) is 0 Å². The fraction of sp³-hybridized carbons (Fsp3) is 0.889. The number of hydrogen-bond acceptors (Lipinski definition) is 3. The van der Waals surface area contributed by atoms with Crippen LogP contribution in [0.3, 0.4) is 0 Å². The van der Waals surface area contributed by atoms with E-state index in [1.54, 1.807) is 0 Å². The van der Waals surface area contributed by atoms with Crippen LogP contribution in [0.5, 0.6) is 0 Å². The molecule has 13 heavy (non-hydrogen) atoms. The van der Waals surface area contributed by atoms with Gasteiger partial charge >= 0.3 is 0 Å². The van der Waals surface area contributed by atoms with Gasteiger partial charge in [0.15, 0.2) is 5.78 Å². The zero-order valence-corrected chi connectivity index (χ0v) is 10.5. The van der Waals surface area contributed by atoms with Crippen molar-refractivity contribution in [3.05, 3.63) is 0 Å². The van der Waals surface area contributed by atoms with Crippen molar-refractivity contribution in [2.75, 3.05) is 0 Å². The molecule has 0 aliphatic rings. The second kappa shape index (κ2) is 7.68. The van der Waals surface area contributed by atoms with E-state index in [-0.39, 0.29) is 39.7 Å². The van der Waals surface area contributed by atoms with Crippen molar-refractivity contribution in [2.24, 2.45) is 0 Å². The van der Waals surface area contributed by atoms with Gasteiger partial charge in [-0.2, -0.15) is 0 Å². The van der Waals surface area contributed by atoms with Gasteiger partial charge in [-0.25, -0.2) is 0 Å².